The standard InChI is InChI=1S/C25H36BNO15.C10H18O8.C8H9BO2.2Na/c1-11-19(31)20(32)24(16(40-11)8-38-10-18(29)30)42-25-22(34)21(33)23(36-2)15(41-25)7-37-9-17(28)27-13-4-3-12-6-39-26(35)14(12)5-13;1-15-9-5(3-17-4-6(11)12)18-10(16-2)8(14)7(9)13;1-6-2-3-7-5-11-9(10)8(7)4-6;;/h3-5,11,15-16,19-25,31-35H,6-10H2,1-2H3,(H,27,28)(H,29,30);5,7-10,13-14H,3-4H2,1-2H3,(H,11,12);2-4,10H,5H2,1H3;;/q;;;2*+1/p-2. The average molecular weight is 1060 g/mol. The Labute approximate surface area is 465 Å². The van der Waals surface area contributed by atoms with Gasteiger partial charge in [0.1, 0.15) is 79.9 Å². The molecule has 0 aliphatic carbocycles. The summed E-state index contributed by atoms with van der Waals surface area (Å²) in [5, 5.41) is 105. The molecule has 0 aromatic heterocycles. The van der Waals surface area contributed by atoms with E-state index in [0.717, 1.165) is 22.2 Å². The second-order valence-corrected chi connectivity index (χ2v) is 16.9. The van der Waals surface area contributed by atoms with Crippen LogP contribution in [0.4, 0.5) is 5.69 Å². The van der Waals surface area contributed by atoms with Gasteiger partial charge in [0.15, 0.2) is 12.6 Å². The molecule has 5 aliphatic heterocycles. The summed E-state index contributed by atoms with van der Waals surface area (Å²) in [5.41, 5.74) is 4.96. The van der Waals surface area contributed by atoms with E-state index < -0.39 is 144 Å². The van der Waals surface area contributed by atoms with E-state index in [4.69, 9.17) is 56.7 Å². The molecule has 0 bridgehead atoms. The van der Waals surface area contributed by atoms with Crippen LogP contribution in [-0.4, -0.2) is 226 Å². The van der Waals surface area contributed by atoms with Crippen molar-refractivity contribution in [1.82, 2.24) is 0 Å². The smallest absolute Gasteiger partial charge is 0.548 e. The summed E-state index contributed by atoms with van der Waals surface area (Å²) in [6.45, 7) is 1.75. The van der Waals surface area contributed by atoms with Crippen LogP contribution in [0.15, 0.2) is 36.4 Å². The summed E-state index contributed by atoms with van der Waals surface area (Å²) >= 11 is 0. The summed E-state index contributed by atoms with van der Waals surface area (Å²) in [7, 11) is 2.15. The van der Waals surface area contributed by atoms with Gasteiger partial charge in [-0.3, -0.25) is 4.79 Å². The van der Waals surface area contributed by atoms with Gasteiger partial charge in [0.2, 0.25) is 5.91 Å². The van der Waals surface area contributed by atoms with Crippen molar-refractivity contribution in [1.29, 1.82) is 0 Å². The molecule has 5 heterocycles. The second kappa shape index (κ2) is 31.5. The Morgan fingerprint density at radius 2 is 1.07 bits per heavy atom. The third-order valence-corrected chi connectivity index (χ3v) is 11.8. The molecule has 5 aliphatic rings. The van der Waals surface area contributed by atoms with Crippen LogP contribution in [0.5, 0.6) is 0 Å². The molecule has 0 radical (unpaired) electrons. The number of carboxylic acids is 2. The molecule has 0 spiro atoms. The van der Waals surface area contributed by atoms with E-state index in [9.17, 15) is 65.3 Å². The predicted octanol–water partition coefficient (Wildman–Crippen LogP) is -13.9. The minimum absolute atomic E-state index is 0. The van der Waals surface area contributed by atoms with Crippen molar-refractivity contribution in [2.24, 2.45) is 0 Å². The summed E-state index contributed by atoms with van der Waals surface area (Å²) in [6, 6.07) is 11.0. The van der Waals surface area contributed by atoms with Crippen LogP contribution in [0, 0.1) is 6.92 Å². The number of fused-ring (bicyclic) bond motifs is 2. The van der Waals surface area contributed by atoms with Gasteiger partial charge < -0.3 is 122 Å². The first-order valence-corrected chi connectivity index (χ1v) is 22.3. The molecule has 9 N–H and O–H groups in total. The number of aliphatic carboxylic acids is 2. The first-order chi connectivity index (χ1) is 33.8. The van der Waals surface area contributed by atoms with Crippen molar-refractivity contribution in [2.45, 2.75) is 119 Å². The quantitative estimate of drug-likeness (QED) is 0.0626. The molecule has 396 valence electrons. The normalized spacial score (nSPS) is 31.3. The van der Waals surface area contributed by atoms with Gasteiger partial charge in [0.05, 0.1) is 64.3 Å². The number of aliphatic hydroxyl groups is 6. The number of carboxylic acid groups (broad SMARTS) is 2. The monoisotopic (exact) mass is 1060 g/mol. The molecule has 73 heavy (non-hydrogen) atoms. The van der Waals surface area contributed by atoms with Crippen molar-refractivity contribution in [3.63, 3.8) is 0 Å². The van der Waals surface area contributed by atoms with Gasteiger partial charge in [0, 0.05) is 27.0 Å². The van der Waals surface area contributed by atoms with Crippen LogP contribution >= 0.6 is 0 Å². The first kappa shape index (κ1) is 65.5. The molecular formula is C43H61B2NNa2O25. The molecular weight excluding hydrogens is 998 g/mol. The third kappa shape index (κ3) is 18.1. The number of methoxy groups -OCH3 is 3. The number of aliphatic hydroxyl groups excluding tert-OH is 6. The molecule has 3 saturated heterocycles. The van der Waals surface area contributed by atoms with E-state index in [0.29, 0.717) is 17.8 Å². The maximum Gasteiger partial charge on any atom is 1.00 e. The third-order valence-electron chi connectivity index (χ3n) is 11.8. The molecule has 15 atom stereocenters. The fourth-order valence-corrected chi connectivity index (χ4v) is 8.16. The Morgan fingerprint density at radius 1 is 0.616 bits per heavy atom. The molecule has 1 amide bonds. The van der Waals surface area contributed by atoms with Gasteiger partial charge >= 0.3 is 73.4 Å². The Hall–Kier alpha value is -1.82. The van der Waals surface area contributed by atoms with Gasteiger partial charge in [0.25, 0.3) is 0 Å². The summed E-state index contributed by atoms with van der Waals surface area (Å²) in [5.74, 6) is -3.36. The van der Waals surface area contributed by atoms with Gasteiger partial charge in [-0.15, -0.1) is 0 Å². The zero-order chi connectivity index (χ0) is 52.1. The van der Waals surface area contributed by atoms with E-state index in [1.54, 1.807) is 18.2 Å². The Balaban J connectivity index is 0.000000370. The van der Waals surface area contributed by atoms with Crippen molar-refractivity contribution >= 4 is 48.7 Å². The number of carbonyl (C=O) groups excluding carboxylic acids is 3. The Kier molecular flexibility index (Phi) is 28.3. The number of rotatable bonds is 18. The predicted molar refractivity (Wildman–Crippen MR) is 235 cm³/mol. The molecule has 2 aromatic carbocycles. The van der Waals surface area contributed by atoms with Gasteiger partial charge in [-0.1, -0.05) is 29.8 Å². The molecule has 7 rings (SSSR count). The Morgan fingerprint density at radius 3 is 1.58 bits per heavy atom. The molecule has 3 fully saturated rings. The van der Waals surface area contributed by atoms with Crippen molar-refractivity contribution in [3.8, 4) is 0 Å². The number of carbonyl (C=O) groups is 3. The zero-order valence-electron chi connectivity index (χ0n) is 41.5. The summed E-state index contributed by atoms with van der Waals surface area (Å²) in [4.78, 5) is 33.4. The van der Waals surface area contributed by atoms with Crippen LogP contribution in [0.1, 0.15) is 23.6 Å². The van der Waals surface area contributed by atoms with Gasteiger partial charge in [-0.2, -0.15) is 0 Å². The molecule has 2 aromatic rings. The molecule has 15 unspecified atom stereocenters. The van der Waals surface area contributed by atoms with E-state index in [1.807, 2.05) is 25.1 Å². The van der Waals surface area contributed by atoms with Crippen LogP contribution in [0.2, 0.25) is 0 Å². The number of hydrogen-bond donors (Lipinski definition) is 9. The number of aryl methyl sites for hydroxylation is 1. The minimum Gasteiger partial charge on any atom is -0.548 e. The van der Waals surface area contributed by atoms with E-state index >= 15 is 0 Å². The summed E-state index contributed by atoms with van der Waals surface area (Å²) in [6.07, 6.45) is -18.3. The molecule has 30 heteroatoms. The van der Waals surface area contributed by atoms with E-state index in [-0.39, 0.29) is 85.5 Å². The van der Waals surface area contributed by atoms with E-state index in [2.05, 4.69) is 5.32 Å². The van der Waals surface area contributed by atoms with Crippen molar-refractivity contribution < 1.29 is 181 Å². The summed E-state index contributed by atoms with van der Waals surface area (Å²) < 4.78 is 63.1. The van der Waals surface area contributed by atoms with Gasteiger partial charge in [-0.25, -0.2) is 0 Å². The second-order valence-electron chi connectivity index (χ2n) is 16.9. The SMILES string of the molecule is COC1C(COCC(=O)Nc2ccc3c(c2)B(O)OC3)OC(OC2C(COCC(=O)[O-])OC(C)C(O)C2O)C(O)C1O.COC1OC(COCC(=O)[O-])C(OC)C(O)C1O.Cc1ccc2c(c1)B(O)OC2.[Na+].[Na+]. The number of hydrogen-bond acceptors (Lipinski definition) is 25. The van der Waals surface area contributed by atoms with E-state index in [1.165, 1.54) is 28.3 Å². The van der Waals surface area contributed by atoms with Crippen molar-refractivity contribution in [2.75, 3.05) is 66.3 Å². The largest absolute Gasteiger partial charge is 1.00 e. The molecule has 26 nitrogen and oxygen atoms in total. The van der Waals surface area contributed by atoms with Crippen LogP contribution < -0.4 is 85.6 Å². The number of nitrogens with one attached hydrogen (secondary N) is 1. The maximum atomic E-state index is 12.5. The average Bonchev–Trinajstić information content (AvgIpc) is 3.89. The first-order valence-electron chi connectivity index (χ1n) is 22.3. The minimum atomic E-state index is -1.68. The number of amides is 1. The maximum absolute atomic E-state index is 12.5. The van der Waals surface area contributed by atoms with Crippen molar-refractivity contribution in [3.05, 3.63) is 53.1 Å². The zero-order valence-corrected chi connectivity index (χ0v) is 45.5. The van der Waals surface area contributed by atoms with Crippen LogP contribution in [-0.2, 0) is 84.3 Å². The van der Waals surface area contributed by atoms with Gasteiger partial charge in [-0.05, 0) is 48.0 Å². The van der Waals surface area contributed by atoms with Crippen LogP contribution in [0.3, 0.4) is 0 Å². The fourth-order valence-electron chi connectivity index (χ4n) is 8.16. The topological polar surface area (TPSA) is 382 Å². The number of ether oxygens (including phenoxy) is 10. The van der Waals surface area contributed by atoms with Crippen LogP contribution in [0.25, 0.3) is 0 Å². The molecule has 0 saturated carbocycles. The number of anilines is 1. The Bertz CT molecular complexity index is 2040. The number of benzene rings is 2. The fraction of sp³-hybridized carbons (Fsp3) is 0.651.